The van der Waals surface area contributed by atoms with Crippen molar-refractivity contribution in [2.24, 2.45) is 0 Å². The van der Waals surface area contributed by atoms with Crippen molar-refractivity contribution in [3.63, 3.8) is 0 Å². The molecule has 3 heterocycles. The molecule has 1 aromatic heterocycles. The molecular weight excluding hydrogens is 309 g/mol. The number of carbonyl (C=O) groups is 1. The fraction of sp³-hybridized carbons (Fsp3) is 0.706. The lowest BCUT2D eigenvalue weighted by Gasteiger charge is -2.39. The number of hydrogen-bond acceptors (Lipinski definition) is 5. The third-order valence-corrected chi connectivity index (χ3v) is 5.11. The first-order valence-electron chi connectivity index (χ1n) is 8.89. The van der Waals surface area contributed by atoms with E-state index in [0.717, 1.165) is 39.0 Å². The summed E-state index contributed by atoms with van der Waals surface area (Å²) >= 11 is 0. The molecule has 2 aliphatic rings. The molecule has 7 heteroatoms. The first-order chi connectivity index (χ1) is 11.6. The molecule has 2 fully saturated rings. The van der Waals surface area contributed by atoms with E-state index >= 15 is 0 Å². The standard InChI is InChI=1S/C17H26FN5O/c1-3-14-15(18)16(20-12-19-14)22-10-8-21(9-11-22)13(2)17(24)23-6-4-5-7-23/h12-13H,3-11H2,1-2H3. The summed E-state index contributed by atoms with van der Waals surface area (Å²) in [4.78, 5) is 26.8. The highest BCUT2D eigenvalue weighted by Crippen LogP contribution is 2.21. The SMILES string of the molecule is CCc1ncnc(N2CCN(C(C)C(=O)N3CCCC3)CC2)c1F. The van der Waals surface area contributed by atoms with Crippen LogP contribution in [0.25, 0.3) is 0 Å². The first kappa shape index (κ1) is 17.1. The summed E-state index contributed by atoms with van der Waals surface area (Å²) in [6, 6.07) is -0.105. The fourth-order valence-electron chi connectivity index (χ4n) is 3.54. The van der Waals surface area contributed by atoms with Crippen molar-refractivity contribution in [3.05, 3.63) is 17.8 Å². The zero-order valence-electron chi connectivity index (χ0n) is 14.5. The number of hydrogen-bond donors (Lipinski definition) is 0. The predicted molar refractivity (Wildman–Crippen MR) is 90.4 cm³/mol. The molecule has 2 saturated heterocycles. The van der Waals surface area contributed by atoms with Crippen molar-refractivity contribution in [2.45, 2.75) is 39.2 Å². The van der Waals surface area contributed by atoms with Gasteiger partial charge in [-0.1, -0.05) is 6.92 Å². The number of anilines is 1. The number of amides is 1. The number of aromatic nitrogens is 2. The van der Waals surface area contributed by atoms with Crippen molar-refractivity contribution in [1.29, 1.82) is 0 Å². The minimum Gasteiger partial charge on any atom is -0.352 e. The monoisotopic (exact) mass is 335 g/mol. The lowest BCUT2D eigenvalue weighted by atomic mass is 10.2. The molecule has 1 aromatic rings. The summed E-state index contributed by atoms with van der Waals surface area (Å²) in [6.07, 6.45) is 4.21. The Hall–Kier alpha value is -1.76. The largest absolute Gasteiger partial charge is 0.352 e. The maximum absolute atomic E-state index is 14.4. The first-order valence-corrected chi connectivity index (χ1v) is 8.89. The predicted octanol–water partition coefficient (Wildman–Crippen LogP) is 1.31. The van der Waals surface area contributed by atoms with E-state index in [9.17, 15) is 9.18 Å². The topological polar surface area (TPSA) is 52.6 Å². The van der Waals surface area contributed by atoms with E-state index in [2.05, 4.69) is 14.9 Å². The van der Waals surface area contributed by atoms with Gasteiger partial charge in [-0.3, -0.25) is 9.69 Å². The molecule has 1 atom stereocenters. The summed E-state index contributed by atoms with van der Waals surface area (Å²) in [5, 5.41) is 0. The maximum Gasteiger partial charge on any atom is 0.239 e. The Morgan fingerprint density at radius 1 is 1.17 bits per heavy atom. The molecule has 1 amide bonds. The van der Waals surface area contributed by atoms with Gasteiger partial charge in [-0.2, -0.15) is 0 Å². The molecular formula is C17H26FN5O. The maximum atomic E-state index is 14.4. The van der Waals surface area contributed by atoms with Crippen molar-refractivity contribution >= 4 is 11.7 Å². The highest BCUT2D eigenvalue weighted by molar-refractivity contribution is 5.81. The van der Waals surface area contributed by atoms with Crippen LogP contribution in [0.4, 0.5) is 10.2 Å². The van der Waals surface area contributed by atoms with E-state index in [1.807, 2.05) is 23.6 Å². The smallest absolute Gasteiger partial charge is 0.239 e. The quantitative estimate of drug-likeness (QED) is 0.830. The lowest BCUT2D eigenvalue weighted by Crippen LogP contribution is -2.54. The highest BCUT2D eigenvalue weighted by atomic mass is 19.1. The minimum atomic E-state index is -0.311. The fourth-order valence-corrected chi connectivity index (χ4v) is 3.54. The molecule has 0 N–H and O–H groups in total. The van der Waals surface area contributed by atoms with Gasteiger partial charge in [0.2, 0.25) is 5.91 Å². The second-order valence-electron chi connectivity index (χ2n) is 6.54. The van der Waals surface area contributed by atoms with Crippen molar-refractivity contribution in [3.8, 4) is 0 Å². The molecule has 6 nitrogen and oxygen atoms in total. The Morgan fingerprint density at radius 2 is 1.83 bits per heavy atom. The average Bonchev–Trinajstić information content (AvgIpc) is 3.15. The molecule has 0 aliphatic carbocycles. The summed E-state index contributed by atoms with van der Waals surface area (Å²) < 4.78 is 14.4. The van der Waals surface area contributed by atoms with Crippen LogP contribution >= 0.6 is 0 Å². The van der Waals surface area contributed by atoms with Gasteiger partial charge >= 0.3 is 0 Å². The van der Waals surface area contributed by atoms with Crippen LogP contribution in [0.2, 0.25) is 0 Å². The third kappa shape index (κ3) is 3.36. The van der Waals surface area contributed by atoms with Crippen molar-refractivity contribution in [2.75, 3.05) is 44.2 Å². The van der Waals surface area contributed by atoms with E-state index < -0.39 is 0 Å². The lowest BCUT2D eigenvalue weighted by molar-refractivity contribution is -0.135. The van der Waals surface area contributed by atoms with Gasteiger partial charge < -0.3 is 9.80 Å². The van der Waals surface area contributed by atoms with Crippen LogP contribution in [0.3, 0.4) is 0 Å². The average molecular weight is 335 g/mol. The van der Waals surface area contributed by atoms with Crippen LogP contribution in [0.5, 0.6) is 0 Å². The number of piperazine rings is 1. The van der Waals surface area contributed by atoms with Gasteiger partial charge in [-0.25, -0.2) is 14.4 Å². The molecule has 0 spiro atoms. The Kier molecular flexibility index (Phi) is 5.28. The van der Waals surface area contributed by atoms with E-state index in [1.54, 1.807) is 0 Å². The molecule has 0 saturated carbocycles. The van der Waals surface area contributed by atoms with Crippen LogP contribution < -0.4 is 4.90 Å². The Labute approximate surface area is 142 Å². The Bertz CT molecular complexity index is 582. The molecule has 0 aromatic carbocycles. The van der Waals surface area contributed by atoms with Crippen LogP contribution in [0.15, 0.2) is 6.33 Å². The molecule has 0 bridgehead atoms. The summed E-state index contributed by atoms with van der Waals surface area (Å²) in [5.41, 5.74) is 0.458. The van der Waals surface area contributed by atoms with Gasteiger partial charge in [0.15, 0.2) is 11.6 Å². The molecule has 24 heavy (non-hydrogen) atoms. The second-order valence-corrected chi connectivity index (χ2v) is 6.54. The normalized spacial score (nSPS) is 20.5. The zero-order valence-corrected chi connectivity index (χ0v) is 14.5. The van der Waals surface area contributed by atoms with Gasteiger partial charge in [0, 0.05) is 39.3 Å². The van der Waals surface area contributed by atoms with Crippen molar-refractivity contribution < 1.29 is 9.18 Å². The molecule has 3 rings (SSSR count). The van der Waals surface area contributed by atoms with Gasteiger partial charge in [-0.05, 0) is 26.2 Å². The molecule has 132 valence electrons. The second kappa shape index (κ2) is 7.42. The number of nitrogens with zero attached hydrogens (tertiary/aromatic N) is 5. The van der Waals surface area contributed by atoms with Gasteiger partial charge in [0.25, 0.3) is 0 Å². The molecule has 2 aliphatic heterocycles. The van der Waals surface area contributed by atoms with E-state index in [-0.39, 0.29) is 17.8 Å². The summed E-state index contributed by atoms with van der Waals surface area (Å²) in [5.74, 6) is 0.303. The Balaban J connectivity index is 1.60. The van der Waals surface area contributed by atoms with Gasteiger partial charge in [-0.15, -0.1) is 0 Å². The number of carbonyl (C=O) groups excluding carboxylic acids is 1. The zero-order chi connectivity index (χ0) is 17.1. The molecule has 0 radical (unpaired) electrons. The number of halogens is 1. The Morgan fingerprint density at radius 3 is 2.46 bits per heavy atom. The number of likely N-dealkylation sites (tertiary alicyclic amines) is 1. The van der Waals surface area contributed by atoms with Gasteiger partial charge in [0.05, 0.1) is 11.7 Å². The van der Waals surface area contributed by atoms with Gasteiger partial charge in [0.1, 0.15) is 6.33 Å². The van der Waals surface area contributed by atoms with E-state index in [4.69, 9.17) is 0 Å². The summed E-state index contributed by atoms with van der Waals surface area (Å²) in [6.45, 7) is 8.47. The highest BCUT2D eigenvalue weighted by Gasteiger charge is 2.30. The van der Waals surface area contributed by atoms with E-state index in [0.29, 0.717) is 31.0 Å². The van der Waals surface area contributed by atoms with E-state index in [1.165, 1.54) is 6.33 Å². The van der Waals surface area contributed by atoms with Crippen LogP contribution in [-0.2, 0) is 11.2 Å². The minimum absolute atomic E-state index is 0.105. The third-order valence-electron chi connectivity index (χ3n) is 5.11. The van der Waals surface area contributed by atoms with Crippen molar-refractivity contribution in [1.82, 2.24) is 19.8 Å². The molecule has 1 unspecified atom stereocenters. The van der Waals surface area contributed by atoms with Crippen LogP contribution in [0.1, 0.15) is 32.4 Å². The van der Waals surface area contributed by atoms with Crippen LogP contribution in [-0.4, -0.2) is 71.0 Å². The van der Waals surface area contributed by atoms with Crippen LogP contribution in [0, 0.1) is 5.82 Å². The number of rotatable bonds is 4. The number of aryl methyl sites for hydroxylation is 1. The summed E-state index contributed by atoms with van der Waals surface area (Å²) in [7, 11) is 0.